The molecule has 4 rings (SSSR count). The molecule has 33 heavy (non-hydrogen) atoms. The van der Waals surface area contributed by atoms with Crippen LogP contribution >= 0.6 is 50.9 Å². The van der Waals surface area contributed by atoms with Crippen molar-refractivity contribution in [2.75, 3.05) is 0 Å². The van der Waals surface area contributed by atoms with E-state index in [4.69, 9.17) is 27.9 Å². The molecule has 1 aliphatic heterocycles. The third-order valence-electron chi connectivity index (χ3n) is 5.09. The minimum Gasteiger partial charge on any atom is -0.489 e. The van der Waals surface area contributed by atoms with Crippen LogP contribution in [-0.4, -0.2) is 21.3 Å². The van der Waals surface area contributed by atoms with E-state index >= 15 is 0 Å². The lowest BCUT2D eigenvalue weighted by Gasteiger charge is -2.16. The first kappa shape index (κ1) is 24.1. The van der Waals surface area contributed by atoms with E-state index in [0.717, 1.165) is 27.4 Å². The van der Waals surface area contributed by atoms with Crippen molar-refractivity contribution in [1.82, 2.24) is 4.90 Å². The maximum atomic E-state index is 13.2. The topological polar surface area (TPSA) is 46.6 Å². The zero-order valence-corrected chi connectivity index (χ0v) is 21.0. The molecule has 1 fully saturated rings. The second kappa shape index (κ2) is 10.5. The van der Waals surface area contributed by atoms with Gasteiger partial charge in [0.1, 0.15) is 18.2 Å². The Bertz CT molecular complexity index is 1210. The van der Waals surface area contributed by atoms with Crippen molar-refractivity contribution in [3.8, 4) is 5.75 Å². The number of hydrogen-bond acceptors (Lipinski definition) is 4. The number of halogens is 4. The highest BCUT2D eigenvalue weighted by atomic mass is 79.9. The number of imide groups is 1. The van der Waals surface area contributed by atoms with Gasteiger partial charge in [-0.05, 0) is 60.0 Å². The summed E-state index contributed by atoms with van der Waals surface area (Å²) in [4.78, 5) is 26.7. The van der Waals surface area contributed by atoms with Crippen molar-refractivity contribution in [3.05, 3.63) is 97.7 Å². The molecule has 2 amide bonds. The van der Waals surface area contributed by atoms with Crippen LogP contribution in [0.4, 0.5) is 9.18 Å². The van der Waals surface area contributed by atoms with Gasteiger partial charge in [0, 0.05) is 20.1 Å². The molecule has 1 atom stereocenters. The standard InChI is InChI=1S/C24H17BrCl2FNO3S/c25-17-4-8-21(32-13-15-3-5-18(26)11-20(15)27)16(9-17)10-22-23(30)29(24(31)33-22)12-14-1-6-19(28)7-2-14/h1-9,11,22H,10,12-13H2/t22-/m1/s1. The molecular formula is C24H17BrCl2FNO3S. The van der Waals surface area contributed by atoms with E-state index in [2.05, 4.69) is 15.9 Å². The summed E-state index contributed by atoms with van der Waals surface area (Å²) in [5.41, 5.74) is 2.25. The Hall–Kier alpha value is -2.06. The van der Waals surface area contributed by atoms with E-state index in [0.29, 0.717) is 27.8 Å². The molecular weight excluding hydrogens is 552 g/mol. The summed E-state index contributed by atoms with van der Waals surface area (Å²) < 4.78 is 20.0. The Balaban J connectivity index is 1.48. The van der Waals surface area contributed by atoms with E-state index < -0.39 is 5.25 Å². The van der Waals surface area contributed by atoms with Gasteiger partial charge in [-0.25, -0.2) is 4.39 Å². The van der Waals surface area contributed by atoms with Gasteiger partial charge in [0.2, 0.25) is 5.91 Å². The number of carbonyl (C=O) groups is 2. The Morgan fingerprint density at radius 1 is 1.00 bits per heavy atom. The van der Waals surface area contributed by atoms with Crippen LogP contribution in [0.5, 0.6) is 5.75 Å². The molecule has 0 aliphatic carbocycles. The fraction of sp³-hybridized carbons (Fsp3) is 0.167. The third kappa shape index (κ3) is 5.90. The molecule has 0 N–H and O–H groups in total. The van der Waals surface area contributed by atoms with E-state index in [1.807, 2.05) is 18.2 Å². The fourth-order valence-corrected chi connectivity index (χ4v) is 5.27. The largest absolute Gasteiger partial charge is 0.489 e. The highest BCUT2D eigenvalue weighted by Gasteiger charge is 2.39. The fourth-order valence-electron chi connectivity index (χ4n) is 3.39. The van der Waals surface area contributed by atoms with Crippen LogP contribution in [0.1, 0.15) is 16.7 Å². The maximum Gasteiger partial charge on any atom is 0.289 e. The predicted molar refractivity (Wildman–Crippen MR) is 132 cm³/mol. The van der Waals surface area contributed by atoms with Gasteiger partial charge in [0.15, 0.2) is 0 Å². The first-order valence-electron chi connectivity index (χ1n) is 9.92. The first-order chi connectivity index (χ1) is 15.8. The zero-order valence-electron chi connectivity index (χ0n) is 17.1. The summed E-state index contributed by atoms with van der Waals surface area (Å²) in [7, 11) is 0. The second-order valence-corrected chi connectivity index (χ2v) is 10.3. The normalized spacial score (nSPS) is 15.9. The average Bonchev–Trinajstić information content (AvgIpc) is 3.03. The SMILES string of the molecule is O=C1S[C@H](Cc2cc(Br)ccc2OCc2ccc(Cl)cc2Cl)C(=O)N1Cc1ccc(F)cc1. The summed E-state index contributed by atoms with van der Waals surface area (Å²) in [6.45, 7) is 0.338. The number of rotatable bonds is 7. The molecule has 0 bridgehead atoms. The minimum absolute atomic E-state index is 0.109. The molecule has 4 nitrogen and oxygen atoms in total. The van der Waals surface area contributed by atoms with Gasteiger partial charge in [-0.1, -0.05) is 69.1 Å². The molecule has 9 heteroatoms. The first-order valence-corrected chi connectivity index (χ1v) is 12.3. The van der Waals surface area contributed by atoms with Gasteiger partial charge in [0.05, 0.1) is 11.8 Å². The van der Waals surface area contributed by atoms with Crippen molar-refractivity contribution >= 4 is 62.0 Å². The molecule has 3 aromatic rings. The zero-order chi connectivity index (χ0) is 23.5. The monoisotopic (exact) mass is 567 g/mol. The highest BCUT2D eigenvalue weighted by Crippen LogP contribution is 2.34. The lowest BCUT2D eigenvalue weighted by Crippen LogP contribution is -2.31. The minimum atomic E-state index is -0.575. The number of amides is 2. The van der Waals surface area contributed by atoms with Crippen LogP contribution in [0.15, 0.2) is 65.1 Å². The quantitative estimate of drug-likeness (QED) is 0.300. The van der Waals surface area contributed by atoms with Gasteiger partial charge in [-0.3, -0.25) is 14.5 Å². The number of hydrogen-bond donors (Lipinski definition) is 0. The molecule has 1 aliphatic rings. The summed E-state index contributed by atoms with van der Waals surface area (Å²) in [5.74, 6) is -0.0461. The highest BCUT2D eigenvalue weighted by molar-refractivity contribution is 9.10. The molecule has 0 radical (unpaired) electrons. The van der Waals surface area contributed by atoms with Crippen LogP contribution in [0.3, 0.4) is 0 Å². The smallest absolute Gasteiger partial charge is 0.289 e. The van der Waals surface area contributed by atoms with Gasteiger partial charge >= 0.3 is 0 Å². The number of ether oxygens (including phenoxy) is 1. The van der Waals surface area contributed by atoms with Crippen LogP contribution in [0.25, 0.3) is 0 Å². The molecule has 1 heterocycles. The molecule has 0 saturated carbocycles. The lowest BCUT2D eigenvalue weighted by molar-refractivity contribution is -0.127. The van der Waals surface area contributed by atoms with Crippen LogP contribution in [-0.2, 0) is 24.4 Å². The van der Waals surface area contributed by atoms with Crippen molar-refractivity contribution < 1.29 is 18.7 Å². The van der Waals surface area contributed by atoms with Crippen LogP contribution < -0.4 is 4.74 Å². The van der Waals surface area contributed by atoms with Crippen molar-refractivity contribution in [3.63, 3.8) is 0 Å². The number of benzene rings is 3. The molecule has 170 valence electrons. The van der Waals surface area contributed by atoms with Gasteiger partial charge in [0.25, 0.3) is 5.24 Å². The van der Waals surface area contributed by atoms with E-state index in [-0.39, 0.29) is 30.1 Å². The molecule has 0 unspecified atom stereocenters. The number of thioether (sulfide) groups is 1. The summed E-state index contributed by atoms with van der Waals surface area (Å²) in [6.07, 6.45) is 0.318. The molecule has 1 saturated heterocycles. The molecule has 0 spiro atoms. The number of nitrogens with zero attached hydrogens (tertiary/aromatic N) is 1. The summed E-state index contributed by atoms with van der Waals surface area (Å²) in [5, 5.41) is 0.151. The van der Waals surface area contributed by atoms with Gasteiger partial charge < -0.3 is 4.74 Å². The van der Waals surface area contributed by atoms with Crippen molar-refractivity contribution in [1.29, 1.82) is 0 Å². The third-order valence-corrected chi connectivity index (χ3v) is 7.24. The lowest BCUT2D eigenvalue weighted by atomic mass is 10.1. The summed E-state index contributed by atoms with van der Waals surface area (Å²) in [6, 6.07) is 16.5. The van der Waals surface area contributed by atoms with E-state index in [1.54, 1.807) is 30.3 Å². The van der Waals surface area contributed by atoms with E-state index in [1.165, 1.54) is 17.0 Å². The van der Waals surface area contributed by atoms with Crippen molar-refractivity contribution in [2.45, 2.75) is 24.8 Å². The predicted octanol–water partition coefficient (Wildman–Crippen LogP) is 7.28. The Labute approximate surface area is 213 Å². The average molecular weight is 569 g/mol. The van der Waals surface area contributed by atoms with Crippen LogP contribution in [0.2, 0.25) is 10.0 Å². The Morgan fingerprint density at radius 2 is 1.76 bits per heavy atom. The Morgan fingerprint density at radius 3 is 2.48 bits per heavy atom. The van der Waals surface area contributed by atoms with Gasteiger partial charge in [-0.2, -0.15) is 0 Å². The number of carbonyl (C=O) groups excluding carboxylic acids is 2. The van der Waals surface area contributed by atoms with E-state index in [9.17, 15) is 14.0 Å². The Kier molecular flexibility index (Phi) is 7.64. The van der Waals surface area contributed by atoms with Crippen LogP contribution in [0, 0.1) is 5.82 Å². The maximum absolute atomic E-state index is 13.2. The summed E-state index contributed by atoms with van der Waals surface area (Å²) >= 11 is 16.6. The molecule has 3 aromatic carbocycles. The van der Waals surface area contributed by atoms with Gasteiger partial charge in [-0.15, -0.1) is 0 Å². The molecule has 0 aromatic heterocycles. The second-order valence-electron chi connectivity index (χ2n) is 7.40. The van der Waals surface area contributed by atoms with Crippen molar-refractivity contribution in [2.24, 2.45) is 0 Å².